The Morgan fingerprint density at radius 3 is 2.44 bits per heavy atom. The molecular weight excluding hydrogens is 198 g/mol. The number of anilines is 1. The van der Waals surface area contributed by atoms with Gasteiger partial charge >= 0.3 is 0 Å². The van der Waals surface area contributed by atoms with Gasteiger partial charge in [-0.05, 0) is 13.8 Å². The van der Waals surface area contributed by atoms with Crippen molar-refractivity contribution in [3.8, 4) is 11.3 Å². The van der Waals surface area contributed by atoms with Crippen LogP contribution < -0.4 is 5.32 Å². The van der Waals surface area contributed by atoms with Crippen LogP contribution in [0.1, 0.15) is 12.5 Å². The predicted molar refractivity (Wildman–Crippen MR) is 66.4 cm³/mol. The molecule has 2 rings (SSSR count). The Kier molecular flexibility index (Phi) is 3.15. The number of rotatable bonds is 3. The molecule has 82 valence electrons. The van der Waals surface area contributed by atoms with Gasteiger partial charge in [-0.3, -0.25) is 4.98 Å². The van der Waals surface area contributed by atoms with Crippen molar-refractivity contribution in [1.82, 2.24) is 9.97 Å². The largest absolute Gasteiger partial charge is 0.369 e. The van der Waals surface area contributed by atoms with E-state index in [-0.39, 0.29) is 0 Å². The van der Waals surface area contributed by atoms with Crippen LogP contribution in [0.5, 0.6) is 0 Å². The van der Waals surface area contributed by atoms with Gasteiger partial charge < -0.3 is 5.32 Å². The topological polar surface area (TPSA) is 37.8 Å². The molecule has 0 radical (unpaired) electrons. The maximum atomic E-state index is 4.37. The highest BCUT2D eigenvalue weighted by Crippen LogP contribution is 2.23. The van der Waals surface area contributed by atoms with Crippen molar-refractivity contribution in [3.05, 3.63) is 42.2 Å². The first kappa shape index (κ1) is 10.6. The molecule has 0 fully saturated rings. The fraction of sp³-hybridized carbons (Fsp3) is 0.231. The van der Waals surface area contributed by atoms with Gasteiger partial charge in [-0.15, -0.1) is 0 Å². The highest BCUT2D eigenvalue weighted by molar-refractivity contribution is 5.71. The lowest BCUT2D eigenvalue weighted by Crippen LogP contribution is -2.02. The van der Waals surface area contributed by atoms with Crippen LogP contribution in [0.2, 0.25) is 0 Å². The first-order valence-corrected chi connectivity index (χ1v) is 5.43. The second-order valence-corrected chi connectivity index (χ2v) is 3.65. The van der Waals surface area contributed by atoms with E-state index < -0.39 is 0 Å². The standard InChI is InChI=1S/C13H15N3/c1-3-14-13-12(15-8-9-16-13)11-6-4-10(2)5-7-11/h4-9H,3H2,1-2H3,(H,14,16). The van der Waals surface area contributed by atoms with Gasteiger partial charge in [0.15, 0.2) is 5.82 Å². The van der Waals surface area contributed by atoms with Crippen LogP contribution in [-0.2, 0) is 0 Å². The van der Waals surface area contributed by atoms with Crippen LogP contribution in [-0.4, -0.2) is 16.5 Å². The lowest BCUT2D eigenvalue weighted by Gasteiger charge is -2.08. The van der Waals surface area contributed by atoms with Gasteiger partial charge in [-0.1, -0.05) is 29.8 Å². The van der Waals surface area contributed by atoms with Crippen molar-refractivity contribution >= 4 is 5.82 Å². The molecule has 0 aliphatic carbocycles. The summed E-state index contributed by atoms with van der Waals surface area (Å²) in [6.45, 7) is 4.97. The lowest BCUT2D eigenvalue weighted by atomic mass is 10.1. The maximum Gasteiger partial charge on any atom is 0.152 e. The number of benzene rings is 1. The normalized spacial score (nSPS) is 10.1. The lowest BCUT2D eigenvalue weighted by molar-refractivity contribution is 1.12. The van der Waals surface area contributed by atoms with E-state index in [0.717, 1.165) is 23.6 Å². The van der Waals surface area contributed by atoms with Gasteiger partial charge in [0.25, 0.3) is 0 Å². The summed E-state index contributed by atoms with van der Waals surface area (Å²) in [5, 5.41) is 3.22. The molecule has 3 heteroatoms. The number of nitrogens with zero attached hydrogens (tertiary/aromatic N) is 2. The molecule has 1 aromatic carbocycles. The molecule has 1 aromatic heterocycles. The van der Waals surface area contributed by atoms with Crippen LogP contribution >= 0.6 is 0 Å². The SMILES string of the molecule is CCNc1nccnc1-c1ccc(C)cc1. The molecule has 0 saturated heterocycles. The van der Waals surface area contributed by atoms with Crippen molar-refractivity contribution < 1.29 is 0 Å². The van der Waals surface area contributed by atoms with Crippen LogP contribution in [0.15, 0.2) is 36.7 Å². The number of aromatic nitrogens is 2. The molecule has 0 unspecified atom stereocenters. The monoisotopic (exact) mass is 213 g/mol. The highest BCUT2D eigenvalue weighted by Gasteiger charge is 2.05. The summed E-state index contributed by atoms with van der Waals surface area (Å²) in [7, 11) is 0. The van der Waals surface area contributed by atoms with E-state index in [2.05, 4.69) is 46.5 Å². The van der Waals surface area contributed by atoms with Crippen molar-refractivity contribution in [3.63, 3.8) is 0 Å². The van der Waals surface area contributed by atoms with Crippen LogP contribution in [0.25, 0.3) is 11.3 Å². The quantitative estimate of drug-likeness (QED) is 0.851. The van der Waals surface area contributed by atoms with Crippen molar-refractivity contribution in [2.24, 2.45) is 0 Å². The summed E-state index contributed by atoms with van der Waals surface area (Å²) >= 11 is 0. The first-order valence-electron chi connectivity index (χ1n) is 5.43. The molecule has 1 heterocycles. The minimum absolute atomic E-state index is 0.842. The number of hydrogen-bond acceptors (Lipinski definition) is 3. The number of aryl methyl sites for hydroxylation is 1. The predicted octanol–water partition coefficient (Wildman–Crippen LogP) is 2.88. The Hall–Kier alpha value is -1.90. The van der Waals surface area contributed by atoms with Gasteiger partial charge in [0, 0.05) is 24.5 Å². The van der Waals surface area contributed by atoms with E-state index in [1.54, 1.807) is 12.4 Å². The second-order valence-electron chi connectivity index (χ2n) is 3.65. The number of hydrogen-bond donors (Lipinski definition) is 1. The Morgan fingerprint density at radius 2 is 1.75 bits per heavy atom. The summed E-state index contributed by atoms with van der Waals surface area (Å²) in [5.41, 5.74) is 3.25. The van der Waals surface area contributed by atoms with Crippen molar-refractivity contribution in [1.29, 1.82) is 0 Å². The summed E-state index contributed by atoms with van der Waals surface area (Å²) < 4.78 is 0. The molecule has 0 aliphatic rings. The molecule has 0 bridgehead atoms. The van der Waals surface area contributed by atoms with Crippen LogP contribution in [0.3, 0.4) is 0 Å². The summed E-state index contributed by atoms with van der Waals surface area (Å²) in [5.74, 6) is 0.842. The zero-order chi connectivity index (χ0) is 11.4. The molecule has 2 aromatic rings. The minimum Gasteiger partial charge on any atom is -0.369 e. The van der Waals surface area contributed by atoms with Gasteiger partial charge in [0.2, 0.25) is 0 Å². The first-order chi connectivity index (χ1) is 7.81. The van der Waals surface area contributed by atoms with Gasteiger partial charge in [-0.25, -0.2) is 4.98 Å². The zero-order valence-electron chi connectivity index (χ0n) is 9.57. The Bertz CT molecular complexity index is 463. The van der Waals surface area contributed by atoms with E-state index in [0.29, 0.717) is 0 Å². The highest BCUT2D eigenvalue weighted by atomic mass is 15.0. The van der Waals surface area contributed by atoms with E-state index >= 15 is 0 Å². The van der Waals surface area contributed by atoms with Crippen LogP contribution in [0.4, 0.5) is 5.82 Å². The summed E-state index contributed by atoms with van der Waals surface area (Å²) in [4.78, 5) is 8.67. The molecule has 16 heavy (non-hydrogen) atoms. The average molecular weight is 213 g/mol. The molecule has 0 spiro atoms. The fourth-order valence-electron chi connectivity index (χ4n) is 1.56. The molecule has 0 aliphatic heterocycles. The van der Waals surface area contributed by atoms with E-state index in [1.165, 1.54) is 5.56 Å². The minimum atomic E-state index is 0.842. The molecule has 0 saturated carbocycles. The van der Waals surface area contributed by atoms with Crippen molar-refractivity contribution in [2.75, 3.05) is 11.9 Å². The third kappa shape index (κ3) is 2.19. The fourth-order valence-corrected chi connectivity index (χ4v) is 1.56. The number of nitrogens with one attached hydrogen (secondary N) is 1. The average Bonchev–Trinajstić information content (AvgIpc) is 2.32. The molecular formula is C13H15N3. The molecule has 0 atom stereocenters. The van der Waals surface area contributed by atoms with E-state index in [9.17, 15) is 0 Å². The summed E-state index contributed by atoms with van der Waals surface area (Å²) in [6.07, 6.45) is 3.42. The third-order valence-corrected chi connectivity index (χ3v) is 2.37. The van der Waals surface area contributed by atoms with E-state index in [4.69, 9.17) is 0 Å². The molecule has 0 amide bonds. The third-order valence-electron chi connectivity index (χ3n) is 2.37. The van der Waals surface area contributed by atoms with E-state index in [1.807, 2.05) is 6.92 Å². The Labute approximate surface area is 95.6 Å². The maximum absolute atomic E-state index is 4.37. The van der Waals surface area contributed by atoms with Crippen molar-refractivity contribution in [2.45, 2.75) is 13.8 Å². The van der Waals surface area contributed by atoms with Crippen LogP contribution in [0, 0.1) is 6.92 Å². The summed E-state index contributed by atoms with van der Waals surface area (Å²) in [6, 6.07) is 8.31. The molecule has 3 nitrogen and oxygen atoms in total. The zero-order valence-corrected chi connectivity index (χ0v) is 9.57. The van der Waals surface area contributed by atoms with Gasteiger partial charge in [0.1, 0.15) is 5.69 Å². The van der Waals surface area contributed by atoms with Gasteiger partial charge in [0.05, 0.1) is 0 Å². The second kappa shape index (κ2) is 4.75. The Morgan fingerprint density at radius 1 is 1.06 bits per heavy atom. The molecule has 1 N–H and O–H groups in total. The van der Waals surface area contributed by atoms with Gasteiger partial charge in [-0.2, -0.15) is 0 Å². The smallest absolute Gasteiger partial charge is 0.152 e. The Balaban J connectivity index is 2.42.